The molecule has 0 unspecified atom stereocenters. The van der Waals surface area contributed by atoms with Crippen molar-refractivity contribution in [2.24, 2.45) is 0 Å². The number of benzene rings is 1. The van der Waals surface area contributed by atoms with Gasteiger partial charge in [-0.2, -0.15) is 0 Å². The van der Waals surface area contributed by atoms with Gasteiger partial charge in [0.1, 0.15) is 17.3 Å². The maximum Gasteiger partial charge on any atom is 0.267 e. The lowest BCUT2D eigenvalue weighted by molar-refractivity contribution is 0.0949. The molecule has 6 nitrogen and oxygen atoms in total. The molecular weight excluding hydrogens is 338 g/mol. The summed E-state index contributed by atoms with van der Waals surface area (Å²) in [5, 5.41) is 13.1. The monoisotopic (exact) mass is 357 g/mol. The van der Waals surface area contributed by atoms with Crippen LogP contribution in [0.4, 0.5) is 0 Å². The molecule has 25 heavy (non-hydrogen) atoms. The quantitative estimate of drug-likeness (QED) is 0.753. The normalized spacial score (nSPS) is 14.3. The highest BCUT2D eigenvalue weighted by Crippen LogP contribution is 2.20. The van der Waals surface area contributed by atoms with Gasteiger partial charge in [0.2, 0.25) is 0 Å². The molecule has 2 N–H and O–H groups in total. The van der Waals surface area contributed by atoms with Crippen molar-refractivity contribution in [3.63, 3.8) is 0 Å². The molecule has 2 aromatic heterocycles. The Hall–Kier alpha value is -2.34. The fourth-order valence-corrected chi connectivity index (χ4v) is 3.52. The molecule has 0 fully saturated rings. The maximum atomic E-state index is 12.4. The molecule has 0 bridgehead atoms. The minimum atomic E-state index is -0.122. The summed E-state index contributed by atoms with van der Waals surface area (Å²) in [5.41, 5.74) is 1.44. The molecule has 1 aromatic carbocycles. The lowest BCUT2D eigenvalue weighted by Crippen LogP contribution is -2.26. The molecule has 1 amide bonds. The Morgan fingerprint density at radius 1 is 1.24 bits per heavy atom. The van der Waals surface area contributed by atoms with Crippen LogP contribution in [0.15, 0.2) is 24.3 Å². The molecule has 3 aromatic rings. The van der Waals surface area contributed by atoms with Gasteiger partial charge in [0.15, 0.2) is 0 Å². The fourth-order valence-electron chi connectivity index (χ4n) is 3.34. The first kappa shape index (κ1) is 16.1. The second-order valence-electron chi connectivity index (χ2n) is 6.42. The lowest BCUT2D eigenvalue weighted by Gasteiger charge is -2.07. The number of hydrogen-bond donors (Lipinski definition) is 2. The molecule has 0 atom stereocenters. The molecule has 7 heteroatoms. The first-order valence-corrected chi connectivity index (χ1v) is 9.06. The summed E-state index contributed by atoms with van der Waals surface area (Å²) < 4.78 is 2.21. The van der Waals surface area contributed by atoms with Crippen molar-refractivity contribution in [2.75, 3.05) is 6.54 Å². The van der Waals surface area contributed by atoms with Crippen molar-refractivity contribution in [3.8, 4) is 0 Å². The van der Waals surface area contributed by atoms with E-state index in [1.165, 1.54) is 19.3 Å². The fraction of sp³-hybridized carbons (Fsp3) is 0.389. The Kier molecular flexibility index (Phi) is 4.44. The largest absolute Gasteiger partial charge is 0.351 e. The smallest absolute Gasteiger partial charge is 0.267 e. The Morgan fingerprint density at radius 3 is 3.08 bits per heavy atom. The number of nitrogens with zero attached hydrogens (tertiary/aromatic N) is 3. The molecule has 3 heterocycles. The first-order chi connectivity index (χ1) is 12.2. The van der Waals surface area contributed by atoms with Crippen molar-refractivity contribution in [2.45, 2.75) is 38.6 Å². The number of aromatic amines is 1. The minimum Gasteiger partial charge on any atom is -0.351 e. The number of nitrogens with one attached hydrogen (secondary N) is 2. The van der Waals surface area contributed by atoms with Gasteiger partial charge in [-0.3, -0.25) is 4.79 Å². The summed E-state index contributed by atoms with van der Waals surface area (Å²) in [6, 6.07) is 7.34. The van der Waals surface area contributed by atoms with Crippen LogP contribution >= 0.6 is 11.6 Å². The molecule has 0 radical (unpaired) electrons. The van der Waals surface area contributed by atoms with Crippen LogP contribution in [0.3, 0.4) is 0 Å². The van der Waals surface area contributed by atoms with Gasteiger partial charge < -0.3 is 14.9 Å². The summed E-state index contributed by atoms with van der Waals surface area (Å²) in [4.78, 5) is 15.5. The molecule has 0 spiro atoms. The van der Waals surface area contributed by atoms with Crippen molar-refractivity contribution in [1.29, 1.82) is 0 Å². The second-order valence-corrected chi connectivity index (χ2v) is 6.85. The molecule has 130 valence electrons. The van der Waals surface area contributed by atoms with Crippen molar-refractivity contribution >= 4 is 28.4 Å². The average molecular weight is 358 g/mol. The summed E-state index contributed by atoms with van der Waals surface area (Å²) in [6.45, 7) is 1.52. The van der Waals surface area contributed by atoms with E-state index in [1.54, 1.807) is 6.07 Å². The zero-order chi connectivity index (χ0) is 17.2. The molecule has 0 aliphatic carbocycles. The van der Waals surface area contributed by atoms with Gasteiger partial charge in [-0.1, -0.05) is 18.0 Å². The van der Waals surface area contributed by atoms with Crippen LogP contribution in [0, 0.1) is 0 Å². The third-order valence-corrected chi connectivity index (χ3v) is 4.88. The van der Waals surface area contributed by atoms with Gasteiger partial charge in [-0.05, 0) is 37.1 Å². The number of aryl methyl sites for hydroxylation is 1. The molecule has 4 rings (SSSR count). The van der Waals surface area contributed by atoms with E-state index < -0.39 is 0 Å². The van der Waals surface area contributed by atoms with E-state index in [9.17, 15) is 4.79 Å². The number of carbonyl (C=O) groups is 1. The van der Waals surface area contributed by atoms with Gasteiger partial charge in [-0.15, -0.1) is 10.2 Å². The zero-order valence-electron chi connectivity index (χ0n) is 13.9. The predicted molar refractivity (Wildman–Crippen MR) is 96.9 cm³/mol. The number of carbonyl (C=O) groups excluding carboxylic acids is 1. The number of hydrogen-bond acceptors (Lipinski definition) is 3. The van der Waals surface area contributed by atoms with Gasteiger partial charge in [0, 0.05) is 41.9 Å². The maximum absolute atomic E-state index is 12.4. The van der Waals surface area contributed by atoms with Gasteiger partial charge in [-0.25, -0.2) is 0 Å². The standard InChI is InChI=1S/C18H20ClN5O/c19-13-5-6-14-12(10-13)11-15(21-14)18(25)20-8-7-17-23-22-16-4-2-1-3-9-24(16)17/h5-6,10-11,21H,1-4,7-9H2,(H,20,25). The number of halogens is 1. The van der Waals surface area contributed by atoms with E-state index in [2.05, 4.69) is 25.1 Å². The van der Waals surface area contributed by atoms with Crippen LogP contribution in [0.25, 0.3) is 10.9 Å². The second kappa shape index (κ2) is 6.88. The highest BCUT2D eigenvalue weighted by Gasteiger charge is 2.15. The Balaban J connectivity index is 1.39. The van der Waals surface area contributed by atoms with Crippen LogP contribution in [0.1, 0.15) is 41.4 Å². The summed E-state index contributed by atoms with van der Waals surface area (Å²) >= 11 is 5.99. The summed E-state index contributed by atoms with van der Waals surface area (Å²) in [7, 11) is 0. The summed E-state index contributed by atoms with van der Waals surface area (Å²) in [5.74, 6) is 1.91. The Bertz CT molecular complexity index is 913. The van der Waals surface area contributed by atoms with Crippen LogP contribution in [0.5, 0.6) is 0 Å². The van der Waals surface area contributed by atoms with E-state index in [-0.39, 0.29) is 5.91 Å². The molecule has 1 aliphatic rings. The van der Waals surface area contributed by atoms with Crippen LogP contribution in [-0.2, 0) is 19.4 Å². The lowest BCUT2D eigenvalue weighted by atomic mass is 10.2. The third-order valence-electron chi connectivity index (χ3n) is 4.65. The van der Waals surface area contributed by atoms with Crippen molar-refractivity contribution in [3.05, 3.63) is 46.6 Å². The average Bonchev–Trinajstić information content (AvgIpc) is 3.11. The topological polar surface area (TPSA) is 75.6 Å². The number of amides is 1. The molecule has 1 aliphatic heterocycles. The van der Waals surface area contributed by atoms with E-state index >= 15 is 0 Å². The zero-order valence-corrected chi connectivity index (χ0v) is 14.6. The Labute approximate surface area is 150 Å². The van der Waals surface area contributed by atoms with Gasteiger partial charge >= 0.3 is 0 Å². The first-order valence-electron chi connectivity index (χ1n) is 8.68. The van der Waals surface area contributed by atoms with Crippen LogP contribution in [-0.4, -0.2) is 32.2 Å². The van der Waals surface area contributed by atoms with E-state index in [4.69, 9.17) is 11.6 Å². The van der Waals surface area contributed by atoms with E-state index in [0.29, 0.717) is 23.7 Å². The Morgan fingerprint density at radius 2 is 2.16 bits per heavy atom. The minimum absolute atomic E-state index is 0.122. The van der Waals surface area contributed by atoms with Crippen molar-refractivity contribution in [1.82, 2.24) is 25.1 Å². The number of rotatable bonds is 4. The number of H-pyrrole nitrogens is 1. The summed E-state index contributed by atoms with van der Waals surface area (Å²) in [6.07, 6.45) is 5.27. The highest BCUT2D eigenvalue weighted by atomic mass is 35.5. The number of aromatic nitrogens is 4. The van der Waals surface area contributed by atoms with Gasteiger partial charge in [0.05, 0.1) is 0 Å². The predicted octanol–water partition coefficient (Wildman–Crippen LogP) is 3.11. The van der Waals surface area contributed by atoms with Crippen molar-refractivity contribution < 1.29 is 4.79 Å². The SMILES string of the molecule is O=C(NCCc1nnc2n1CCCCC2)c1cc2cc(Cl)ccc2[nH]1. The number of fused-ring (bicyclic) bond motifs is 2. The third kappa shape index (κ3) is 3.39. The van der Waals surface area contributed by atoms with E-state index in [0.717, 1.165) is 35.5 Å². The molecular formula is C18H20ClN5O. The van der Waals surface area contributed by atoms with Crippen LogP contribution < -0.4 is 5.32 Å². The highest BCUT2D eigenvalue weighted by molar-refractivity contribution is 6.31. The van der Waals surface area contributed by atoms with Crippen LogP contribution in [0.2, 0.25) is 5.02 Å². The van der Waals surface area contributed by atoms with E-state index in [1.807, 2.05) is 18.2 Å². The molecule has 0 saturated carbocycles. The van der Waals surface area contributed by atoms with Gasteiger partial charge in [0.25, 0.3) is 5.91 Å². The molecule has 0 saturated heterocycles.